The first-order chi connectivity index (χ1) is 14.1. The van der Waals surface area contributed by atoms with Gasteiger partial charge in [0.2, 0.25) is 5.91 Å². The van der Waals surface area contributed by atoms with Crippen LogP contribution < -0.4 is 9.64 Å². The fourth-order valence-corrected chi connectivity index (χ4v) is 4.52. The lowest BCUT2D eigenvalue weighted by molar-refractivity contribution is -0.132. The van der Waals surface area contributed by atoms with Crippen LogP contribution in [0.2, 0.25) is 0 Å². The lowest BCUT2D eigenvalue weighted by Crippen LogP contribution is -2.49. The number of amides is 4. The zero-order chi connectivity index (χ0) is 20.4. The van der Waals surface area contributed by atoms with Gasteiger partial charge in [0.1, 0.15) is 11.8 Å². The molecule has 0 bridgehead atoms. The Morgan fingerprint density at radius 1 is 1.10 bits per heavy atom. The van der Waals surface area contributed by atoms with Crippen LogP contribution in [-0.4, -0.2) is 85.0 Å². The average molecular weight is 400 g/mol. The number of rotatable bonds is 6. The van der Waals surface area contributed by atoms with Gasteiger partial charge in [0.25, 0.3) is 5.91 Å². The Kier molecular flexibility index (Phi) is 5.60. The number of hydrogen-bond donors (Lipinski definition) is 0. The van der Waals surface area contributed by atoms with Crippen LogP contribution in [0.1, 0.15) is 25.7 Å². The number of urea groups is 1. The number of methoxy groups -OCH3 is 1. The number of benzene rings is 1. The summed E-state index contributed by atoms with van der Waals surface area (Å²) in [4.78, 5) is 44.4. The second-order valence-corrected chi connectivity index (χ2v) is 7.77. The molecule has 156 valence electrons. The van der Waals surface area contributed by atoms with Gasteiger partial charge in [-0.1, -0.05) is 12.1 Å². The fraction of sp³-hybridized carbons (Fsp3) is 0.571. The number of carbonyl (C=O) groups is 3. The molecule has 3 aliphatic heterocycles. The second-order valence-electron chi connectivity index (χ2n) is 7.77. The van der Waals surface area contributed by atoms with Gasteiger partial charge in [-0.3, -0.25) is 14.5 Å². The van der Waals surface area contributed by atoms with E-state index in [1.54, 1.807) is 12.0 Å². The Morgan fingerprint density at radius 2 is 1.86 bits per heavy atom. The standard InChI is InChI=1S/C21H28N4O4/c1-29-18-8-3-2-6-16(18)22-12-14-23(15-13-22)19(26)9-5-11-25-20(27)17-7-4-10-24(17)21(25)28/h2-3,6,8,17H,4-5,7,9-15H2,1H3. The maximum Gasteiger partial charge on any atom is 0.327 e. The summed E-state index contributed by atoms with van der Waals surface area (Å²) in [5.41, 5.74) is 1.05. The molecule has 3 aliphatic rings. The van der Waals surface area contributed by atoms with Gasteiger partial charge in [-0.15, -0.1) is 0 Å². The van der Waals surface area contributed by atoms with E-state index < -0.39 is 0 Å². The van der Waals surface area contributed by atoms with Crippen molar-refractivity contribution < 1.29 is 19.1 Å². The Balaban J connectivity index is 1.23. The van der Waals surface area contributed by atoms with Crippen LogP contribution in [0.3, 0.4) is 0 Å². The van der Waals surface area contributed by atoms with Gasteiger partial charge >= 0.3 is 6.03 Å². The van der Waals surface area contributed by atoms with E-state index in [-0.39, 0.29) is 23.9 Å². The molecule has 0 aromatic heterocycles. The Labute approximate surface area is 171 Å². The highest BCUT2D eigenvalue weighted by atomic mass is 16.5. The Bertz CT molecular complexity index is 769. The van der Waals surface area contributed by atoms with E-state index in [1.165, 1.54) is 4.90 Å². The zero-order valence-corrected chi connectivity index (χ0v) is 16.9. The van der Waals surface area contributed by atoms with Crippen molar-refractivity contribution in [3.63, 3.8) is 0 Å². The summed E-state index contributed by atoms with van der Waals surface area (Å²) in [6.45, 7) is 3.83. The monoisotopic (exact) mass is 400 g/mol. The maximum atomic E-state index is 12.6. The third-order valence-corrected chi connectivity index (χ3v) is 6.11. The van der Waals surface area contributed by atoms with E-state index in [1.807, 2.05) is 29.2 Å². The number of carbonyl (C=O) groups excluding carboxylic acids is 3. The quantitative estimate of drug-likeness (QED) is 0.678. The smallest absolute Gasteiger partial charge is 0.327 e. The van der Waals surface area contributed by atoms with E-state index in [2.05, 4.69) is 4.90 Å². The number of nitrogens with zero attached hydrogens (tertiary/aromatic N) is 4. The molecule has 1 unspecified atom stereocenters. The van der Waals surface area contributed by atoms with Gasteiger partial charge in [0, 0.05) is 45.7 Å². The molecular weight excluding hydrogens is 372 g/mol. The predicted octanol–water partition coefficient (Wildman–Crippen LogP) is 1.55. The molecular formula is C21H28N4O4. The Hall–Kier alpha value is -2.77. The summed E-state index contributed by atoms with van der Waals surface area (Å²) in [5, 5.41) is 0. The van der Waals surface area contributed by atoms with Crippen LogP contribution >= 0.6 is 0 Å². The van der Waals surface area contributed by atoms with Gasteiger partial charge in [0.15, 0.2) is 0 Å². The van der Waals surface area contributed by atoms with Crippen molar-refractivity contribution in [2.24, 2.45) is 0 Å². The first-order valence-corrected chi connectivity index (χ1v) is 10.4. The number of ether oxygens (including phenoxy) is 1. The highest BCUT2D eigenvalue weighted by Gasteiger charge is 2.46. The molecule has 0 radical (unpaired) electrons. The first kappa shape index (κ1) is 19.5. The average Bonchev–Trinajstić information content (AvgIpc) is 3.33. The van der Waals surface area contributed by atoms with E-state index in [0.29, 0.717) is 39.0 Å². The SMILES string of the molecule is COc1ccccc1N1CCN(C(=O)CCCN2C(=O)C3CCCN3C2=O)CC1. The summed E-state index contributed by atoms with van der Waals surface area (Å²) >= 11 is 0. The summed E-state index contributed by atoms with van der Waals surface area (Å²) in [6, 6.07) is 7.46. The number of hydrogen-bond acceptors (Lipinski definition) is 5. The van der Waals surface area contributed by atoms with Gasteiger partial charge < -0.3 is 19.4 Å². The lowest BCUT2D eigenvalue weighted by Gasteiger charge is -2.36. The molecule has 4 rings (SSSR count). The maximum absolute atomic E-state index is 12.6. The van der Waals surface area contributed by atoms with Gasteiger partial charge in [-0.25, -0.2) is 4.79 Å². The number of fused-ring (bicyclic) bond motifs is 1. The molecule has 1 aromatic carbocycles. The molecule has 8 nitrogen and oxygen atoms in total. The van der Waals surface area contributed by atoms with Crippen LogP contribution in [0.15, 0.2) is 24.3 Å². The van der Waals surface area contributed by atoms with Crippen molar-refractivity contribution in [3.05, 3.63) is 24.3 Å². The zero-order valence-electron chi connectivity index (χ0n) is 16.9. The van der Waals surface area contributed by atoms with Crippen molar-refractivity contribution >= 4 is 23.5 Å². The van der Waals surface area contributed by atoms with Crippen LogP contribution in [0.25, 0.3) is 0 Å². The normalized spacial score (nSPS) is 21.8. The van der Waals surface area contributed by atoms with Crippen LogP contribution in [0, 0.1) is 0 Å². The minimum Gasteiger partial charge on any atom is -0.495 e. The summed E-state index contributed by atoms with van der Waals surface area (Å²) in [5.74, 6) is 0.836. The molecule has 1 aromatic rings. The minimum absolute atomic E-state index is 0.0873. The largest absolute Gasteiger partial charge is 0.495 e. The molecule has 0 aliphatic carbocycles. The van der Waals surface area contributed by atoms with Gasteiger partial charge in [0.05, 0.1) is 12.8 Å². The van der Waals surface area contributed by atoms with Gasteiger partial charge in [-0.05, 0) is 31.4 Å². The van der Waals surface area contributed by atoms with Crippen LogP contribution in [-0.2, 0) is 9.59 Å². The van der Waals surface area contributed by atoms with E-state index >= 15 is 0 Å². The number of piperazine rings is 1. The van der Waals surface area contributed by atoms with Crippen LogP contribution in [0.4, 0.5) is 10.5 Å². The van der Waals surface area contributed by atoms with E-state index in [9.17, 15) is 14.4 Å². The van der Waals surface area contributed by atoms with Crippen molar-refractivity contribution in [2.45, 2.75) is 31.7 Å². The molecule has 4 amide bonds. The van der Waals surface area contributed by atoms with Crippen LogP contribution in [0.5, 0.6) is 5.75 Å². The molecule has 1 atom stereocenters. The minimum atomic E-state index is -0.263. The Morgan fingerprint density at radius 3 is 2.59 bits per heavy atom. The van der Waals surface area contributed by atoms with Crippen molar-refractivity contribution in [3.8, 4) is 5.75 Å². The fourth-order valence-electron chi connectivity index (χ4n) is 4.52. The molecule has 0 N–H and O–H groups in total. The third kappa shape index (κ3) is 3.75. The number of imide groups is 1. The van der Waals surface area contributed by atoms with E-state index in [0.717, 1.165) is 37.4 Å². The number of anilines is 1. The molecule has 8 heteroatoms. The number of para-hydroxylation sites is 2. The van der Waals surface area contributed by atoms with E-state index in [4.69, 9.17) is 4.74 Å². The molecule has 0 saturated carbocycles. The predicted molar refractivity (Wildman–Crippen MR) is 108 cm³/mol. The molecule has 0 spiro atoms. The second kappa shape index (κ2) is 8.31. The lowest BCUT2D eigenvalue weighted by atomic mass is 10.2. The topological polar surface area (TPSA) is 73.4 Å². The van der Waals surface area contributed by atoms with Gasteiger partial charge in [-0.2, -0.15) is 0 Å². The third-order valence-electron chi connectivity index (χ3n) is 6.11. The van der Waals surface area contributed by atoms with Crippen molar-refractivity contribution in [1.29, 1.82) is 0 Å². The summed E-state index contributed by atoms with van der Waals surface area (Å²) in [7, 11) is 1.67. The van der Waals surface area contributed by atoms with Crippen molar-refractivity contribution in [2.75, 3.05) is 51.3 Å². The molecule has 3 fully saturated rings. The molecule has 29 heavy (non-hydrogen) atoms. The highest BCUT2D eigenvalue weighted by molar-refractivity contribution is 6.04. The summed E-state index contributed by atoms with van der Waals surface area (Å²) in [6.07, 6.45) is 2.53. The highest BCUT2D eigenvalue weighted by Crippen LogP contribution is 2.29. The summed E-state index contributed by atoms with van der Waals surface area (Å²) < 4.78 is 5.43. The molecule has 3 saturated heterocycles. The van der Waals surface area contributed by atoms with Crippen molar-refractivity contribution in [1.82, 2.24) is 14.7 Å². The molecule has 3 heterocycles. The first-order valence-electron chi connectivity index (χ1n) is 10.4.